The molecule has 0 heterocycles. The highest BCUT2D eigenvalue weighted by molar-refractivity contribution is 4.60. The van der Waals surface area contributed by atoms with Crippen LogP contribution in [-0.4, -0.2) is 23.4 Å². The monoisotopic (exact) mass is 288 g/mol. The van der Waals surface area contributed by atoms with Crippen molar-refractivity contribution in [3.63, 3.8) is 0 Å². The van der Waals surface area contributed by atoms with Gasteiger partial charge in [-0.05, 0) is 24.7 Å². The Labute approximate surface area is 128 Å². The summed E-state index contributed by atoms with van der Waals surface area (Å²) in [7, 11) is 0. The lowest BCUT2D eigenvalue weighted by atomic mass is 9.89. The Balaban J connectivity index is 0. The Morgan fingerprint density at radius 3 is 1.40 bits per heavy atom. The normalized spacial score (nSPS) is 11.1. The van der Waals surface area contributed by atoms with Crippen molar-refractivity contribution in [3.8, 4) is 0 Å². The van der Waals surface area contributed by atoms with Gasteiger partial charge in [0.25, 0.3) is 0 Å². The summed E-state index contributed by atoms with van der Waals surface area (Å²) in [5, 5.41) is 17.0. The number of unbranched alkanes of at least 4 members (excludes halogenated alkanes) is 8. The van der Waals surface area contributed by atoms with Gasteiger partial charge in [-0.3, -0.25) is 0 Å². The van der Waals surface area contributed by atoms with Gasteiger partial charge in [-0.1, -0.05) is 79.1 Å². The van der Waals surface area contributed by atoms with Crippen molar-refractivity contribution in [1.82, 2.24) is 0 Å². The smallest absolute Gasteiger partial charge is 0.0431 e. The minimum Gasteiger partial charge on any atom is -0.396 e. The Hall–Kier alpha value is -0.0800. The number of rotatable bonds is 11. The molecule has 0 bridgehead atoms. The molecule has 0 spiro atoms. The summed E-state index contributed by atoms with van der Waals surface area (Å²) in [5.41, 5.74) is 0.468. The zero-order valence-electron chi connectivity index (χ0n) is 14.6. The average Bonchev–Trinajstić information content (AvgIpc) is 2.39. The third kappa shape index (κ3) is 26.5. The summed E-state index contributed by atoms with van der Waals surface area (Å²) in [6.07, 6.45) is 13.6. The predicted octanol–water partition coefficient (Wildman–Crippen LogP) is 5.31. The highest BCUT2D eigenvalue weighted by Gasteiger charge is 2.08. The molecule has 0 aliphatic heterocycles. The molecule has 0 amide bonds. The van der Waals surface area contributed by atoms with E-state index in [-0.39, 0.29) is 0 Å². The SMILES string of the molecule is CC(C)(C)CCCCCO.CCCCCCCCCO. The van der Waals surface area contributed by atoms with Gasteiger partial charge in [0, 0.05) is 13.2 Å². The molecule has 0 saturated heterocycles. The molecule has 124 valence electrons. The molecule has 0 aliphatic rings. The van der Waals surface area contributed by atoms with Crippen molar-refractivity contribution < 1.29 is 10.2 Å². The van der Waals surface area contributed by atoms with Gasteiger partial charge in [-0.15, -0.1) is 0 Å². The highest BCUT2D eigenvalue weighted by atomic mass is 16.3. The fraction of sp³-hybridized carbons (Fsp3) is 1.00. The first-order valence-corrected chi connectivity index (χ1v) is 8.69. The Kier molecular flexibility index (Phi) is 18.8. The molecule has 0 radical (unpaired) electrons. The summed E-state index contributed by atoms with van der Waals surface area (Å²) in [6.45, 7) is 9.72. The van der Waals surface area contributed by atoms with Gasteiger partial charge in [0.1, 0.15) is 0 Å². The van der Waals surface area contributed by atoms with Crippen molar-refractivity contribution in [1.29, 1.82) is 0 Å². The molecule has 0 aromatic carbocycles. The standard InChI is InChI=1S/2C9H20O/c1-9(2,3)7-5-4-6-8-10;1-2-3-4-5-6-7-8-9-10/h10H,4-8H2,1-3H3;10H,2-9H2,1H3. The third-order valence-electron chi connectivity index (χ3n) is 3.35. The number of aliphatic hydroxyl groups excluding tert-OH is 2. The molecule has 0 unspecified atom stereocenters. The molecule has 0 aromatic rings. The maximum Gasteiger partial charge on any atom is 0.0431 e. The number of hydrogen-bond acceptors (Lipinski definition) is 2. The van der Waals surface area contributed by atoms with Crippen LogP contribution in [0.2, 0.25) is 0 Å². The van der Waals surface area contributed by atoms with Crippen LogP contribution >= 0.6 is 0 Å². The Morgan fingerprint density at radius 1 is 0.600 bits per heavy atom. The summed E-state index contributed by atoms with van der Waals surface area (Å²) in [5.74, 6) is 0. The molecule has 0 aromatic heterocycles. The van der Waals surface area contributed by atoms with Crippen LogP contribution in [0.15, 0.2) is 0 Å². The van der Waals surface area contributed by atoms with Gasteiger partial charge >= 0.3 is 0 Å². The minimum atomic E-state index is 0.351. The van der Waals surface area contributed by atoms with E-state index in [1.54, 1.807) is 0 Å². The van der Waals surface area contributed by atoms with Crippen LogP contribution in [0.1, 0.15) is 98.3 Å². The van der Waals surface area contributed by atoms with Gasteiger partial charge in [0.05, 0.1) is 0 Å². The molecule has 2 nitrogen and oxygen atoms in total. The van der Waals surface area contributed by atoms with E-state index in [1.165, 1.54) is 57.8 Å². The first-order valence-electron chi connectivity index (χ1n) is 8.69. The van der Waals surface area contributed by atoms with E-state index in [4.69, 9.17) is 10.2 Å². The van der Waals surface area contributed by atoms with Crippen LogP contribution < -0.4 is 0 Å². The number of aliphatic hydroxyl groups is 2. The average molecular weight is 289 g/mol. The second-order valence-corrected chi connectivity index (χ2v) is 6.94. The largest absolute Gasteiger partial charge is 0.396 e. The van der Waals surface area contributed by atoms with Gasteiger partial charge in [-0.25, -0.2) is 0 Å². The Morgan fingerprint density at radius 2 is 1.00 bits per heavy atom. The third-order valence-corrected chi connectivity index (χ3v) is 3.35. The summed E-state index contributed by atoms with van der Waals surface area (Å²) in [4.78, 5) is 0. The maximum atomic E-state index is 8.50. The van der Waals surface area contributed by atoms with Crippen molar-refractivity contribution in [2.75, 3.05) is 13.2 Å². The van der Waals surface area contributed by atoms with E-state index in [2.05, 4.69) is 27.7 Å². The lowest BCUT2D eigenvalue weighted by Gasteiger charge is -2.17. The van der Waals surface area contributed by atoms with Crippen LogP contribution in [0.5, 0.6) is 0 Å². The molecule has 0 saturated carbocycles. The van der Waals surface area contributed by atoms with Crippen molar-refractivity contribution in [3.05, 3.63) is 0 Å². The van der Waals surface area contributed by atoms with Crippen LogP contribution in [0, 0.1) is 5.41 Å². The van der Waals surface area contributed by atoms with Crippen molar-refractivity contribution in [2.45, 2.75) is 98.3 Å². The van der Waals surface area contributed by atoms with Crippen LogP contribution in [0.25, 0.3) is 0 Å². The van der Waals surface area contributed by atoms with Crippen LogP contribution in [-0.2, 0) is 0 Å². The van der Waals surface area contributed by atoms with E-state index in [1.807, 2.05) is 0 Å². The predicted molar refractivity (Wildman–Crippen MR) is 90.1 cm³/mol. The quantitative estimate of drug-likeness (QED) is 0.505. The zero-order chi connectivity index (χ0) is 15.7. The molecule has 20 heavy (non-hydrogen) atoms. The van der Waals surface area contributed by atoms with Gasteiger partial charge in [0.2, 0.25) is 0 Å². The van der Waals surface area contributed by atoms with Crippen molar-refractivity contribution >= 4 is 0 Å². The second kappa shape index (κ2) is 17.0. The second-order valence-electron chi connectivity index (χ2n) is 6.94. The molecule has 0 fully saturated rings. The summed E-state index contributed by atoms with van der Waals surface area (Å²) >= 11 is 0. The zero-order valence-corrected chi connectivity index (χ0v) is 14.6. The first-order chi connectivity index (χ1) is 9.47. The van der Waals surface area contributed by atoms with E-state index in [0.717, 1.165) is 12.8 Å². The van der Waals surface area contributed by atoms with E-state index in [9.17, 15) is 0 Å². The molecular formula is C18H40O2. The lowest BCUT2D eigenvalue weighted by molar-refractivity contribution is 0.275. The molecule has 0 rings (SSSR count). The van der Waals surface area contributed by atoms with Crippen LogP contribution in [0.3, 0.4) is 0 Å². The fourth-order valence-corrected chi connectivity index (χ4v) is 2.01. The van der Waals surface area contributed by atoms with Gasteiger partial charge in [-0.2, -0.15) is 0 Å². The van der Waals surface area contributed by atoms with Gasteiger partial charge in [0.15, 0.2) is 0 Å². The minimum absolute atomic E-state index is 0.351. The maximum absolute atomic E-state index is 8.50. The topological polar surface area (TPSA) is 40.5 Å². The molecule has 2 heteroatoms. The van der Waals surface area contributed by atoms with Crippen LogP contribution in [0.4, 0.5) is 0 Å². The molecule has 0 atom stereocenters. The highest BCUT2D eigenvalue weighted by Crippen LogP contribution is 2.21. The van der Waals surface area contributed by atoms with Gasteiger partial charge < -0.3 is 10.2 Å². The first kappa shape index (κ1) is 22.2. The molecular weight excluding hydrogens is 248 g/mol. The van der Waals surface area contributed by atoms with E-state index in [0.29, 0.717) is 18.6 Å². The van der Waals surface area contributed by atoms with E-state index >= 15 is 0 Å². The Bertz CT molecular complexity index is 153. The lowest BCUT2D eigenvalue weighted by Crippen LogP contribution is -2.04. The molecule has 0 aliphatic carbocycles. The van der Waals surface area contributed by atoms with Crippen molar-refractivity contribution in [2.24, 2.45) is 5.41 Å². The summed E-state index contributed by atoms with van der Waals surface area (Å²) in [6, 6.07) is 0. The molecule has 2 N–H and O–H groups in total. The summed E-state index contributed by atoms with van der Waals surface area (Å²) < 4.78 is 0. The fourth-order valence-electron chi connectivity index (χ4n) is 2.01. The number of hydrogen-bond donors (Lipinski definition) is 2. The van der Waals surface area contributed by atoms with E-state index < -0.39 is 0 Å².